The Labute approximate surface area is 165 Å². The Morgan fingerprint density at radius 1 is 1.37 bits per heavy atom. The van der Waals surface area contributed by atoms with Crippen LogP contribution in [0.3, 0.4) is 0 Å². The van der Waals surface area contributed by atoms with Crippen molar-refractivity contribution in [2.24, 2.45) is 10.9 Å². The minimum Gasteiger partial charge on any atom is -0.461 e. The van der Waals surface area contributed by atoms with Gasteiger partial charge in [0.15, 0.2) is 0 Å². The van der Waals surface area contributed by atoms with Crippen molar-refractivity contribution in [1.82, 2.24) is 9.84 Å². The van der Waals surface area contributed by atoms with E-state index in [1.807, 2.05) is 47.6 Å². The molecule has 0 amide bonds. The number of aliphatic imine (C=N–C) groups is 1. The molecular weight excluding hydrogens is 360 g/mol. The van der Waals surface area contributed by atoms with Gasteiger partial charge in [-0.25, -0.2) is 4.99 Å². The van der Waals surface area contributed by atoms with E-state index in [0.29, 0.717) is 31.9 Å². The molecule has 1 aliphatic heterocycles. The number of carbonyl (C=O) groups is 1. The van der Waals surface area contributed by atoms with Gasteiger partial charge >= 0.3 is 5.97 Å². The van der Waals surface area contributed by atoms with Gasteiger partial charge in [-0.15, -0.1) is 0 Å². The number of hydrazine groups is 1. The summed E-state index contributed by atoms with van der Waals surface area (Å²) in [5.74, 6) is 0.222. The van der Waals surface area contributed by atoms with E-state index >= 15 is 0 Å². The van der Waals surface area contributed by atoms with Crippen LogP contribution in [0.1, 0.15) is 32.3 Å². The second kappa shape index (κ2) is 11.4. The lowest BCUT2D eigenvalue weighted by molar-refractivity contribution is -0.145. The van der Waals surface area contributed by atoms with E-state index < -0.39 is 0 Å². The molecule has 1 heterocycles. The van der Waals surface area contributed by atoms with Crippen molar-refractivity contribution in [3.63, 3.8) is 0 Å². The number of hydrogen-bond acceptors (Lipinski definition) is 6. The van der Waals surface area contributed by atoms with Crippen LogP contribution in [0.25, 0.3) is 0 Å². The third-order valence-electron chi connectivity index (χ3n) is 3.66. The highest BCUT2D eigenvalue weighted by Gasteiger charge is 2.16. The lowest BCUT2D eigenvalue weighted by Crippen LogP contribution is -2.25. The molecule has 1 aliphatic rings. The first-order valence-corrected chi connectivity index (χ1v) is 9.76. The van der Waals surface area contributed by atoms with Gasteiger partial charge in [0.05, 0.1) is 10.6 Å². The fourth-order valence-corrected chi connectivity index (χ4v) is 3.04. The van der Waals surface area contributed by atoms with Crippen molar-refractivity contribution in [2.75, 3.05) is 6.54 Å². The lowest BCUT2D eigenvalue weighted by atomic mass is 10.2. The number of nitrogens with one attached hydrogen (secondary N) is 2. The van der Waals surface area contributed by atoms with E-state index in [1.54, 1.807) is 0 Å². The molecule has 0 aromatic heterocycles. The summed E-state index contributed by atoms with van der Waals surface area (Å²) in [6.45, 7) is 5.18. The summed E-state index contributed by atoms with van der Waals surface area (Å²) in [5.41, 5.74) is 1.74. The standard InChI is InChI=1S/C20H26N4O2S/c1-16(2)10-11-18(22-15-21)19-13-24(23-27-19)12-6-9-20(25)26-14-17-7-4-3-5-8-17/h3-5,7-8,10-11,13,15-16,21,23H,6,9,12,14H2,1-2H3/b11-10-,21-15?,22-18+. The van der Waals surface area contributed by atoms with Gasteiger partial charge in [0.2, 0.25) is 0 Å². The second-order valence-corrected chi connectivity index (χ2v) is 7.20. The van der Waals surface area contributed by atoms with E-state index in [0.717, 1.165) is 22.5 Å². The van der Waals surface area contributed by atoms with E-state index in [1.165, 1.54) is 11.9 Å². The molecule has 2 N–H and O–H groups in total. The molecular formula is C20H26N4O2S. The third-order valence-corrected chi connectivity index (χ3v) is 4.52. The molecule has 144 valence electrons. The SMILES string of the molecule is CC(C)/C=C\C(=N/C=N)C1=CN(CCCC(=O)OCc2ccccc2)NS1. The molecule has 1 aromatic carbocycles. The van der Waals surface area contributed by atoms with Gasteiger partial charge in [-0.3, -0.25) is 10.2 Å². The molecule has 0 saturated heterocycles. The van der Waals surface area contributed by atoms with E-state index in [-0.39, 0.29) is 5.97 Å². The third kappa shape index (κ3) is 7.80. The Balaban J connectivity index is 1.75. The monoisotopic (exact) mass is 386 g/mol. The first-order valence-electron chi connectivity index (χ1n) is 8.94. The average molecular weight is 387 g/mol. The van der Waals surface area contributed by atoms with Gasteiger partial charge in [-0.05, 0) is 35.9 Å². The fraction of sp³-hybridized carbons (Fsp3) is 0.350. The summed E-state index contributed by atoms with van der Waals surface area (Å²) < 4.78 is 5.29. The zero-order chi connectivity index (χ0) is 19.5. The number of hydrogen-bond donors (Lipinski definition) is 2. The van der Waals surface area contributed by atoms with E-state index in [9.17, 15) is 4.79 Å². The smallest absolute Gasteiger partial charge is 0.306 e. The van der Waals surface area contributed by atoms with Crippen LogP contribution in [0.15, 0.2) is 58.6 Å². The van der Waals surface area contributed by atoms with Crippen molar-refractivity contribution in [3.8, 4) is 0 Å². The Hall–Kier alpha value is -2.38. The van der Waals surface area contributed by atoms with E-state index in [4.69, 9.17) is 10.1 Å². The summed E-state index contributed by atoms with van der Waals surface area (Å²) >= 11 is 1.45. The molecule has 0 spiro atoms. The van der Waals surface area contributed by atoms with Crippen LogP contribution < -0.4 is 4.83 Å². The number of nitrogens with zero attached hydrogens (tertiary/aromatic N) is 2. The van der Waals surface area contributed by atoms with Gasteiger partial charge in [0, 0.05) is 19.2 Å². The minimum absolute atomic E-state index is 0.194. The molecule has 0 bridgehead atoms. The zero-order valence-corrected chi connectivity index (χ0v) is 16.5. The summed E-state index contributed by atoms with van der Waals surface area (Å²) in [6, 6.07) is 9.66. The number of benzene rings is 1. The van der Waals surface area contributed by atoms with Gasteiger partial charge in [0.1, 0.15) is 12.9 Å². The van der Waals surface area contributed by atoms with Crippen molar-refractivity contribution >= 4 is 30.0 Å². The molecule has 0 atom stereocenters. The number of ether oxygens (including phenoxy) is 1. The van der Waals surface area contributed by atoms with Crippen molar-refractivity contribution in [2.45, 2.75) is 33.3 Å². The summed E-state index contributed by atoms with van der Waals surface area (Å²) in [6.07, 6.45) is 8.03. The van der Waals surface area contributed by atoms with Crippen LogP contribution in [0.2, 0.25) is 0 Å². The number of rotatable bonds is 10. The normalized spacial score (nSPS) is 14.7. The molecule has 0 unspecified atom stereocenters. The Morgan fingerprint density at radius 2 is 2.15 bits per heavy atom. The van der Waals surface area contributed by atoms with Crippen LogP contribution in [0.5, 0.6) is 0 Å². The zero-order valence-electron chi connectivity index (χ0n) is 15.7. The lowest BCUT2D eigenvalue weighted by Gasteiger charge is -2.13. The van der Waals surface area contributed by atoms with E-state index in [2.05, 4.69) is 29.7 Å². The molecule has 0 radical (unpaired) electrons. The highest BCUT2D eigenvalue weighted by molar-refractivity contribution is 8.02. The largest absolute Gasteiger partial charge is 0.461 e. The van der Waals surface area contributed by atoms with Crippen LogP contribution >= 0.6 is 11.9 Å². The van der Waals surface area contributed by atoms with Crippen LogP contribution in [-0.2, 0) is 16.1 Å². The predicted octanol–water partition coefficient (Wildman–Crippen LogP) is 4.08. The minimum atomic E-state index is -0.194. The molecule has 2 rings (SSSR count). The summed E-state index contributed by atoms with van der Waals surface area (Å²) in [7, 11) is 0. The topological polar surface area (TPSA) is 77.8 Å². The number of esters is 1. The second-order valence-electron chi connectivity index (χ2n) is 6.38. The predicted molar refractivity (Wildman–Crippen MR) is 111 cm³/mol. The van der Waals surface area contributed by atoms with Crippen LogP contribution in [-0.4, -0.2) is 29.6 Å². The molecule has 7 heteroatoms. The van der Waals surface area contributed by atoms with Gasteiger partial charge < -0.3 is 9.75 Å². The highest BCUT2D eigenvalue weighted by Crippen LogP contribution is 2.23. The fourth-order valence-electron chi connectivity index (χ4n) is 2.28. The summed E-state index contributed by atoms with van der Waals surface area (Å²) in [4.78, 5) is 20.1. The molecule has 0 fully saturated rings. The molecule has 0 saturated carbocycles. The van der Waals surface area contributed by atoms with Crippen molar-refractivity contribution in [1.29, 1.82) is 5.41 Å². The average Bonchev–Trinajstić information content (AvgIpc) is 3.13. The Bertz CT molecular complexity index is 714. The maximum absolute atomic E-state index is 11.9. The molecule has 0 aliphatic carbocycles. The van der Waals surface area contributed by atoms with Crippen molar-refractivity contribution in [3.05, 3.63) is 59.2 Å². The van der Waals surface area contributed by atoms with Crippen molar-refractivity contribution < 1.29 is 9.53 Å². The maximum atomic E-state index is 11.9. The molecule has 27 heavy (non-hydrogen) atoms. The van der Waals surface area contributed by atoms with Gasteiger partial charge in [0.25, 0.3) is 0 Å². The quantitative estimate of drug-likeness (QED) is 0.274. The highest BCUT2D eigenvalue weighted by atomic mass is 32.2. The summed E-state index contributed by atoms with van der Waals surface area (Å²) in [5, 5.41) is 9.15. The first kappa shape index (κ1) is 20.9. The molecule has 6 nitrogen and oxygen atoms in total. The van der Waals surface area contributed by atoms with Gasteiger partial charge in [-0.2, -0.15) is 4.83 Å². The van der Waals surface area contributed by atoms with Gasteiger partial charge in [-0.1, -0.05) is 50.3 Å². The first-order chi connectivity index (χ1) is 13.1. The Kier molecular flexibility index (Phi) is 8.80. The number of allylic oxidation sites excluding steroid dienone is 3. The molecule has 1 aromatic rings. The maximum Gasteiger partial charge on any atom is 0.306 e. The van der Waals surface area contributed by atoms with Crippen LogP contribution in [0.4, 0.5) is 0 Å². The number of carbonyl (C=O) groups excluding carboxylic acids is 1. The van der Waals surface area contributed by atoms with Crippen LogP contribution in [0, 0.1) is 11.3 Å². The Morgan fingerprint density at radius 3 is 2.85 bits per heavy atom.